The molecule has 3 rings (SSSR count). The molecule has 25 heavy (non-hydrogen) atoms. The van der Waals surface area contributed by atoms with Crippen LogP contribution in [0.25, 0.3) is 0 Å². The number of nitrogens with one attached hydrogen (secondary N) is 1. The highest BCUT2D eigenvalue weighted by atomic mass is 35.5. The number of anilines is 2. The number of hydrogen-bond acceptors (Lipinski definition) is 2. The molecule has 1 aliphatic heterocycles. The second kappa shape index (κ2) is 7.06. The van der Waals surface area contributed by atoms with Crippen molar-refractivity contribution in [1.29, 1.82) is 0 Å². The summed E-state index contributed by atoms with van der Waals surface area (Å²) in [6.07, 6.45) is 0.162. The molecule has 0 radical (unpaired) electrons. The summed E-state index contributed by atoms with van der Waals surface area (Å²) in [7, 11) is 0. The quantitative estimate of drug-likeness (QED) is 0.850. The Morgan fingerprint density at radius 3 is 2.44 bits per heavy atom. The Balaban J connectivity index is 1.74. The van der Waals surface area contributed by atoms with Gasteiger partial charge in [0.25, 0.3) is 0 Å². The van der Waals surface area contributed by atoms with Gasteiger partial charge in [0.2, 0.25) is 11.8 Å². The molecule has 2 aromatic carbocycles. The highest BCUT2D eigenvalue weighted by molar-refractivity contribution is 6.36. The van der Waals surface area contributed by atoms with E-state index in [1.54, 1.807) is 23.1 Å². The largest absolute Gasteiger partial charge is 0.326 e. The van der Waals surface area contributed by atoms with Crippen LogP contribution in [0.4, 0.5) is 11.4 Å². The van der Waals surface area contributed by atoms with Gasteiger partial charge in [0.05, 0.1) is 16.6 Å². The molecule has 0 spiro atoms. The van der Waals surface area contributed by atoms with Gasteiger partial charge in [-0.1, -0.05) is 29.3 Å². The number of benzene rings is 2. The van der Waals surface area contributed by atoms with E-state index in [1.807, 2.05) is 32.0 Å². The molecule has 1 unspecified atom stereocenters. The van der Waals surface area contributed by atoms with E-state index < -0.39 is 5.92 Å². The van der Waals surface area contributed by atoms with E-state index in [1.165, 1.54) is 0 Å². The number of halogens is 2. The number of amides is 2. The van der Waals surface area contributed by atoms with E-state index in [-0.39, 0.29) is 18.2 Å². The summed E-state index contributed by atoms with van der Waals surface area (Å²) in [6.45, 7) is 4.26. The minimum absolute atomic E-state index is 0.121. The Morgan fingerprint density at radius 2 is 1.80 bits per heavy atom. The summed E-state index contributed by atoms with van der Waals surface area (Å²) in [5, 5.41) is 3.81. The molecule has 0 aromatic heterocycles. The Morgan fingerprint density at radius 1 is 1.12 bits per heavy atom. The maximum Gasteiger partial charge on any atom is 0.229 e. The second-order valence-corrected chi connectivity index (χ2v) is 7.21. The zero-order valence-electron chi connectivity index (χ0n) is 14.0. The highest BCUT2D eigenvalue weighted by Crippen LogP contribution is 2.33. The van der Waals surface area contributed by atoms with E-state index in [9.17, 15) is 9.59 Å². The van der Waals surface area contributed by atoms with Gasteiger partial charge < -0.3 is 10.2 Å². The molecule has 1 atom stereocenters. The van der Waals surface area contributed by atoms with Crippen molar-refractivity contribution in [3.8, 4) is 0 Å². The van der Waals surface area contributed by atoms with Crippen molar-refractivity contribution in [2.75, 3.05) is 16.8 Å². The molecule has 6 heteroatoms. The Bertz CT molecular complexity index is 831. The van der Waals surface area contributed by atoms with Gasteiger partial charge in [-0.2, -0.15) is 0 Å². The minimum atomic E-state index is -0.417. The summed E-state index contributed by atoms with van der Waals surface area (Å²) in [6, 6.07) is 10.8. The first-order chi connectivity index (χ1) is 11.8. The lowest BCUT2D eigenvalue weighted by Gasteiger charge is -2.18. The maximum absolute atomic E-state index is 12.6. The zero-order valence-corrected chi connectivity index (χ0v) is 15.5. The van der Waals surface area contributed by atoms with Gasteiger partial charge >= 0.3 is 0 Å². The maximum atomic E-state index is 12.6. The molecule has 1 N–H and O–H groups in total. The van der Waals surface area contributed by atoms with Crippen LogP contribution in [0.5, 0.6) is 0 Å². The van der Waals surface area contributed by atoms with Crippen LogP contribution in [-0.2, 0) is 9.59 Å². The normalized spacial score (nSPS) is 17.0. The third kappa shape index (κ3) is 3.97. The number of carbonyl (C=O) groups is 2. The third-order valence-electron chi connectivity index (χ3n) is 4.19. The summed E-state index contributed by atoms with van der Waals surface area (Å²) in [5.41, 5.74) is 3.48. The van der Waals surface area contributed by atoms with Crippen LogP contribution < -0.4 is 10.2 Å². The van der Waals surface area contributed by atoms with Crippen molar-refractivity contribution in [2.24, 2.45) is 5.92 Å². The van der Waals surface area contributed by atoms with Gasteiger partial charge in [-0.3, -0.25) is 9.59 Å². The summed E-state index contributed by atoms with van der Waals surface area (Å²) < 4.78 is 0. The van der Waals surface area contributed by atoms with E-state index in [2.05, 4.69) is 5.32 Å². The molecule has 0 saturated carbocycles. The molecule has 4 nitrogen and oxygen atoms in total. The molecule has 1 saturated heterocycles. The summed E-state index contributed by atoms with van der Waals surface area (Å²) >= 11 is 12.1. The van der Waals surface area contributed by atoms with Gasteiger partial charge in [0.1, 0.15) is 0 Å². The molecule has 2 amide bonds. The fraction of sp³-hybridized carbons (Fsp3) is 0.263. The number of hydrogen-bond donors (Lipinski definition) is 1. The van der Waals surface area contributed by atoms with E-state index in [4.69, 9.17) is 23.2 Å². The van der Waals surface area contributed by atoms with Crippen molar-refractivity contribution in [2.45, 2.75) is 20.3 Å². The monoisotopic (exact) mass is 376 g/mol. The molecular formula is C19H18Cl2N2O2. The smallest absolute Gasteiger partial charge is 0.229 e. The van der Waals surface area contributed by atoms with Crippen molar-refractivity contribution >= 4 is 46.4 Å². The Kier molecular flexibility index (Phi) is 5.02. The van der Waals surface area contributed by atoms with Crippen molar-refractivity contribution in [3.63, 3.8) is 0 Å². The standard InChI is InChI=1S/C19H18Cl2N2O2/c1-11-5-12(2)7-15(6-11)22-19(25)13-8-18(24)23(10-13)17-4-3-14(20)9-16(17)21/h3-7,9,13H,8,10H2,1-2H3,(H,22,25). The highest BCUT2D eigenvalue weighted by Gasteiger charge is 2.36. The number of rotatable bonds is 3. The lowest BCUT2D eigenvalue weighted by atomic mass is 10.1. The number of nitrogens with zero attached hydrogens (tertiary/aromatic N) is 1. The van der Waals surface area contributed by atoms with Crippen molar-refractivity contribution in [3.05, 3.63) is 57.6 Å². The van der Waals surface area contributed by atoms with E-state index >= 15 is 0 Å². The molecular weight excluding hydrogens is 359 g/mol. The van der Waals surface area contributed by atoms with E-state index in [0.29, 0.717) is 22.3 Å². The minimum Gasteiger partial charge on any atom is -0.326 e. The van der Waals surface area contributed by atoms with Crippen LogP contribution in [0.3, 0.4) is 0 Å². The number of aryl methyl sites for hydroxylation is 2. The fourth-order valence-corrected chi connectivity index (χ4v) is 3.62. The molecule has 1 heterocycles. The predicted molar refractivity (Wildman–Crippen MR) is 101 cm³/mol. The molecule has 0 bridgehead atoms. The average Bonchev–Trinajstić information content (AvgIpc) is 2.88. The lowest BCUT2D eigenvalue weighted by Crippen LogP contribution is -2.28. The van der Waals surface area contributed by atoms with Crippen LogP contribution in [-0.4, -0.2) is 18.4 Å². The van der Waals surface area contributed by atoms with Gasteiger partial charge in [0, 0.05) is 23.7 Å². The second-order valence-electron chi connectivity index (χ2n) is 6.37. The zero-order chi connectivity index (χ0) is 18.1. The molecule has 0 aliphatic carbocycles. The topological polar surface area (TPSA) is 49.4 Å². The number of carbonyl (C=O) groups excluding carboxylic acids is 2. The van der Waals surface area contributed by atoms with Crippen LogP contribution in [0.2, 0.25) is 10.0 Å². The Labute approximate surface area is 156 Å². The van der Waals surface area contributed by atoms with Crippen LogP contribution in [0.1, 0.15) is 17.5 Å². The summed E-state index contributed by atoms with van der Waals surface area (Å²) in [5.74, 6) is -0.698. The van der Waals surface area contributed by atoms with E-state index in [0.717, 1.165) is 16.8 Å². The van der Waals surface area contributed by atoms with Gasteiger partial charge in [-0.15, -0.1) is 0 Å². The first-order valence-corrected chi connectivity index (χ1v) is 8.73. The van der Waals surface area contributed by atoms with Crippen LogP contribution >= 0.6 is 23.2 Å². The predicted octanol–water partition coefficient (Wildman–Crippen LogP) is 4.60. The third-order valence-corrected chi connectivity index (χ3v) is 4.72. The Hall–Kier alpha value is -2.04. The fourth-order valence-electron chi connectivity index (χ4n) is 3.11. The van der Waals surface area contributed by atoms with Gasteiger partial charge in [-0.25, -0.2) is 0 Å². The van der Waals surface area contributed by atoms with Gasteiger partial charge in [-0.05, 0) is 55.3 Å². The van der Waals surface area contributed by atoms with Gasteiger partial charge in [0.15, 0.2) is 0 Å². The van der Waals surface area contributed by atoms with Crippen LogP contribution in [0, 0.1) is 19.8 Å². The molecule has 1 aliphatic rings. The first-order valence-electron chi connectivity index (χ1n) is 7.98. The molecule has 130 valence electrons. The van der Waals surface area contributed by atoms with Crippen molar-refractivity contribution in [1.82, 2.24) is 0 Å². The lowest BCUT2D eigenvalue weighted by molar-refractivity contribution is -0.122. The average molecular weight is 377 g/mol. The summed E-state index contributed by atoms with van der Waals surface area (Å²) in [4.78, 5) is 26.4. The SMILES string of the molecule is Cc1cc(C)cc(NC(=O)C2CC(=O)N(c3ccc(Cl)cc3Cl)C2)c1. The molecule has 1 fully saturated rings. The molecule has 2 aromatic rings. The van der Waals surface area contributed by atoms with Crippen molar-refractivity contribution < 1.29 is 9.59 Å². The van der Waals surface area contributed by atoms with Crippen LogP contribution in [0.15, 0.2) is 36.4 Å². The first kappa shape index (κ1) is 17.8.